The number of carbonyl (C=O) groups excluding carboxylic acids is 2. The third-order valence-electron chi connectivity index (χ3n) is 4.84. The number of aryl methyl sites for hydroxylation is 1. The number of allylic oxidation sites excluding steroid dienone is 1. The molecule has 1 heterocycles. The van der Waals surface area contributed by atoms with Gasteiger partial charge in [-0.15, -0.1) is 0 Å². The zero-order valence-corrected chi connectivity index (χ0v) is 12.9. The van der Waals surface area contributed by atoms with Gasteiger partial charge in [0.25, 0.3) is 0 Å². The fourth-order valence-electron chi connectivity index (χ4n) is 3.41. The van der Waals surface area contributed by atoms with Gasteiger partial charge in [0.1, 0.15) is 0 Å². The lowest BCUT2D eigenvalue weighted by Crippen LogP contribution is -2.40. The monoisotopic (exact) mass is 283 g/mol. The molecule has 0 bridgehead atoms. The molecule has 0 radical (unpaired) electrons. The van der Waals surface area contributed by atoms with Gasteiger partial charge in [0.05, 0.1) is 6.04 Å². The van der Waals surface area contributed by atoms with Crippen molar-refractivity contribution in [2.24, 2.45) is 0 Å². The van der Waals surface area contributed by atoms with Crippen LogP contribution in [-0.4, -0.2) is 24.2 Å². The van der Waals surface area contributed by atoms with Crippen molar-refractivity contribution in [3.63, 3.8) is 0 Å². The smallest absolute Gasteiger partial charge is 0.181 e. The van der Waals surface area contributed by atoms with Crippen molar-refractivity contribution in [1.82, 2.24) is 0 Å². The van der Waals surface area contributed by atoms with Crippen molar-refractivity contribution in [3.8, 4) is 0 Å². The van der Waals surface area contributed by atoms with Crippen LogP contribution < -0.4 is 4.90 Å². The van der Waals surface area contributed by atoms with Gasteiger partial charge >= 0.3 is 0 Å². The van der Waals surface area contributed by atoms with E-state index < -0.39 is 0 Å². The summed E-state index contributed by atoms with van der Waals surface area (Å²) in [7, 11) is 0. The maximum atomic E-state index is 12.7. The fourth-order valence-corrected chi connectivity index (χ4v) is 3.41. The van der Waals surface area contributed by atoms with Crippen molar-refractivity contribution in [2.75, 3.05) is 11.4 Å². The summed E-state index contributed by atoms with van der Waals surface area (Å²) in [6.45, 7) is 6.53. The first-order valence-corrected chi connectivity index (χ1v) is 7.60. The average Bonchev–Trinajstić information content (AvgIpc) is 2.84. The number of nitrogens with zero attached hydrogens (tertiary/aromatic N) is 1. The summed E-state index contributed by atoms with van der Waals surface area (Å²) in [5.41, 5.74) is 5.02. The van der Waals surface area contributed by atoms with E-state index >= 15 is 0 Å². The molecule has 3 heteroatoms. The summed E-state index contributed by atoms with van der Waals surface area (Å²) >= 11 is 0. The third-order valence-corrected chi connectivity index (χ3v) is 4.84. The Morgan fingerprint density at radius 1 is 1.05 bits per heavy atom. The maximum absolute atomic E-state index is 12.7. The van der Waals surface area contributed by atoms with E-state index in [1.807, 2.05) is 0 Å². The summed E-state index contributed by atoms with van der Waals surface area (Å²) in [6.07, 6.45) is 2.08. The Balaban J connectivity index is 1.96. The number of benzene rings is 1. The van der Waals surface area contributed by atoms with E-state index in [1.165, 1.54) is 16.8 Å². The standard InChI is InChI=1S/C18H21NO2/c1-11-4-5-15-14(10-11)8-9-19(15)16-6-7-17(20)12(2)13(3)18(16)21/h4-5,10,16H,6-9H2,1-3H3. The third kappa shape index (κ3) is 2.31. The minimum absolute atomic E-state index is 0.117. The molecular formula is C18H21NO2. The summed E-state index contributed by atoms with van der Waals surface area (Å²) in [6, 6.07) is 6.23. The van der Waals surface area contributed by atoms with Gasteiger partial charge in [-0.25, -0.2) is 0 Å². The van der Waals surface area contributed by atoms with Crippen LogP contribution in [0.2, 0.25) is 0 Å². The number of fused-ring (bicyclic) bond motifs is 1. The highest BCUT2D eigenvalue weighted by Gasteiger charge is 2.34. The second-order valence-corrected chi connectivity index (χ2v) is 6.17. The largest absolute Gasteiger partial charge is 0.361 e. The van der Waals surface area contributed by atoms with E-state index in [0.717, 1.165) is 13.0 Å². The fraction of sp³-hybridized carbons (Fsp3) is 0.444. The van der Waals surface area contributed by atoms with E-state index in [4.69, 9.17) is 0 Å². The van der Waals surface area contributed by atoms with E-state index in [2.05, 4.69) is 30.0 Å². The summed E-state index contributed by atoms with van der Waals surface area (Å²) in [4.78, 5) is 26.9. The lowest BCUT2D eigenvalue weighted by molar-refractivity contribution is -0.116. The normalized spacial score (nSPS) is 22.6. The van der Waals surface area contributed by atoms with Crippen LogP contribution in [0.4, 0.5) is 5.69 Å². The van der Waals surface area contributed by atoms with Crippen molar-refractivity contribution >= 4 is 17.3 Å². The Labute approximate surface area is 125 Å². The summed E-state index contributed by atoms with van der Waals surface area (Å²) in [5, 5.41) is 0. The first-order valence-electron chi connectivity index (χ1n) is 7.60. The minimum Gasteiger partial charge on any atom is -0.361 e. The van der Waals surface area contributed by atoms with E-state index in [1.54, 1.807) is 13.8 Å². The second-order valence-electron chi connectivity index (χ2n) is 6.17. The molecule has 0 amide bonds. The van der Waals surface area contributed by atoms with Crippen LogP contribution in [0.1, 0.15) is 37.8 Å². The SMILES string of the molecule is CC1=C(C)C(=O)C(N2CCc3cc(C)ccc32)CCC1=O. The molecular weight excluding hydrogens is 262 g/mol. The highest BCUT2D eigenvalue weighted by atomic mass is 16.1. The molecule has 1 atom stereocenters. The molecule has 2 aliphatic rings. The highest BCUT2D eigenvalue weighted by Crippen LogP contribution is 2.33. The number of hydrogen-bond donors (Lipinski definition) is 0. The van der Waals surface area contributed by atoms with Crippen molar-refractivity contribution in [1.29, 1.82) is 0 Å². The molecule has 0 aromatic heterocycles. The van der Waals surface area contributed by atoms with Crippen LogP contribution in [0, 0.1) is 6.92 Å². The molecule has 1 aromatic carbocycles. The van der Waals surface area contributed by atoms with Gasteiger partial charge in [-0.3, -0.25) is 9.59 Å². The maximum Gasteiger partial charge on any atom is 0.181 e. The first-order chi connectivity index (χ1) is 9.99. The van der Waals surface area contributed by atoms with Gasteiger partial charge < -0.3 is 4.90 Å². The lowest BCUT2D eigenvalue weighted by Gasteiger charge is -2.28. The predicted molar refractivity (Wildman–Crippen MR) is 83.6 cm³/mol. The Morgan fingerprint density at radius 2 is 1.81 bits per heavy atom. The van der Waals surface area contributed by atoms with E-state index in [9.17, 15) is 9.59 Å². The Kier molecular flexibility index (Phi) is 3.44. The number of ketones is 2. The van der Waals surface area contributed by atoms with Crippen LogP contribution in [-0.2, 0) is 16.0 Å². The molecule has 1 unspecified atom stereocenters. The first kappa shape index (κ1) is 14.1. The Bertz CT molecular complexity index is 657. The quantitative estimate of drug-likeness (QED) is 0.795. The van der Waals surface area contributed by atoms with Crippen molar-refractivity contribution in [3.05, 3.63) is 40.5 Å². The van der Waals surface area contributed by atoms with Crippen LogP contribution in [0.5, 0.6) is 0 Å². The zero-order chi connectivity index (χ0) is 15.1. The number of rotatable bonds is 1. The number of anilines is 1. The van der Waals surface area contributed by atoms with Gasteiger partial charge in [-0.2, -0.15) is 0 Å². The summed E-state index contributed by atoms with van der Waals surface area (Å²) in [5.74, 6) is 0.235. The number of carbonyl (C=O) groups is 2. The van der Waals surface area contributed by atoms with Crippen LogP contribution in [0.15, 0.2) is 29.3 Å². The van der Waals surface area contributed by atoms with Crippen LogP contribution in [0.3, 0.4) is 0 Å². The van der Waals surface area contributed by atoms with Crippen molar-refractivity contribution < 1.29 is 9.59 Å². The molecule has 0 N–H and O–H groups in total. The van der Waals surface area contributed by atoms with Gasteiger partial charge in [-0.05, 0) is 50.8 Å². The molecule has 0 fully saturated rings. The molecule has 21 heavy (non-hydrogen) atoms. The van der Waals surface area contributed by atoms with Crippen LogP contribution >= 0.6 is 0 Å². The molecule has 0 spiro atoms. The molecule has 110 valence electrons. The molecule has 0 saturated heterocycles. The molecule has 1 aliphatic carbocycles. The lowest BCUT2D eigenvalue weighted by atomic mass is 10.0. The molecule has 1 aliphatic heterocycles. The number of hydrogen-bond acceptors (Lipinski definition) is 3. The Morgan fingerprint density at radius 3 is 2.57 bits per heavy atom. The average molecular weight is 283 g/mol. The van der Waals surface area contributed by atoms with Gasteiger partial charge in [0, 0.05) is 24.2 Å². The topological polar surface area (TPSA) is 37.4 Å². The second kappa shape index (κ2) is 5.14. The molecule has 0 saturated carbocycles. The Hall–Kier alpha value is -1.90. The highest BCUT2D eigenvalue weighted by molar-refractivity contribution is 6.10. The predicted octanol–water partition coefficient (Wildman–Crippen LogP) is 2.99. The summed E-state index contributed by atoms with van der Waals surface area (Å²) < 4.78 is 0. The van der Waals surface area contributed by atoms with Gasteiger partial charge in [-0.1, -0.05) is 17.7 Å². The molecule has 3 nitrogen and oxygen atoms in total. The van der Waals surface area contributed by atoms with Gasteiger partial charge in [0.15, 0.2) is 11.6 Å². The minimum atomic E-state index is -0.185. The van der Waals surface area contributed by atoms with Gasteiger partial charge in [0.2, 0.25) is 0 Å². The number of Topliss-reactive ketones (excluding diaryl/α,β-unsaturated/α-hetero) is 2. The van der Waals surface area contributed by atoms with E-state index in [0.29, 0.717) is 24.0 Å². The van der Waals surface area contributed by atoms with Crippen LogP contribution in [0.25, 0.3) is 0 Å². The van der Waals surface area contributed by atoms with E-state index in [-0.39, 0.29) is 17.6 Å². The molecule has 1 aromatic rings. The zero-order valence-electron chi connectivity index (χ0n) is 12.9. The molecule has 3 rings (SSSR count). The van der Waals surface area contributed by atoms with Crippen molar-refractivity contribution in [2.45, 2.75) is 46.1 Å².